The number of amides is 2. The second-order valence-electron chi connectivity index (χ2n) is 11.5. The van der Waals surface area contributed by atoms with E-state index in [1.54, 1.807) is 18.9 Å². The second-order valence-corrected chi connectivity index (χ2v) is 11.5. The van der Waals surface area contributed by atoms with E-state index in [-0.39, 0.29) is 13.2 Å². The average molecular weight is 579 g/mol. The Bertz CT molecular complexity index is 779. The van der Waals surface area contributed by atoms with Crippen LogP contribution in [-0.2, 0) is 20.8 Å². The molecule has 1 aromatic heterocycles. The summed E-state index contributed by atoms with van der Waals surface area (Å²) >= 11 is 0. The molecule has 8 heteroatoms. The largest absolute Gasteiger partial charge is 0.446 e. The number of pyridine rings is 1. The Labute approximate surface area is 250 Å². The molecule has 236 valence electrons. The molecule has 8 nitrogen and oxygen atoms in total. The van der Waals surface area contributed by atoms with Gasteiger partial charge < -0.3 is 24.4 Å². The first-order valence-electron chi connectivity index (χ1n) is 16.2. The molecule has 0 aliphatic heterocycles. The van der Waals surface area contributed by atoms with E-state index in [4.69, 9.17) is 14.2 Å². The fourth-order valence-corrected chi connectivity index (χ4v) is 4.61. The van der Waals surface area contributed by atoms with E-state index < -0.39 is 17.8 Å². The summed E-state index contributed by atoms with van der Waals surface area (Å²) in [6.45, 7) is 5.75. The van der Waals surface area contributed by atoms with Gasteiger partial charge in [-0.3, -0.25) is 0 Å². The highest BCUT2D eigenvalue weighted by atomic mass is 16.6. The molecule has 0 aliphatic carbocycles. The minimum Gasteiger partial charge on any atom is -0.446 e. The SMILES string of the molecule is CCCCCCCCCCCCCCCCCCN(C)C(=O)OCC(C)(COC(=O)NCC[n+]1ccccc1)OC. The third-order valence-electron chi connectivity index (χ3n) is 7.58. The second kappa shape index (κ2) is 24.3. The van der Waals surface area contributed by atoms with Crippen LogP contribution in [0.1, 0.15) is 117 Å². The van der Waals surface area contributed by atoms with Gasteiger partial charge in [0.2, 0.25) is 0 Å². The molecule has 0 radical (unpaired) electrons. The van der Waals surface area contributed by atoms with Crippen molar-refractivity contribution in [3.8, 4) is 0 Å². The number of unbranched alkanes of at least 4 members (excludes halogenated alkanes) is 15. The molecular weight excluding hydrogens is 518 g/mol. The molecule has 1 unspecified atom stereocenters. The van der Waals surface area contributed by atoms with E-state index in [0.717, 1.165) is 12.8 Å². The van der Waals surface area contributed by atoms with Crippen molar-refractivity contribution in [2.75, 3.05) is 40.5 Å². The molecular formula is C33H60N3O5+. The van der Waals surface area contributed by atoms with Gasteiger partial charge in [-0.1, -0.05) is 109 Å². The lowest BCUT2D eigenvalue weighted by Gasteiger charge is -2.28. The molecule has 0 bridgehead atoms. The summed E-state index contributed by atoms with van der Waals surface area (Å²) in [6, 6.07) is 5.81. The van der Waals surface area contributed by atoms with Gasteiger partial charge in [0.15, 0.2) is 18.9 Å². The third kappa shape index (κ3) is 20.2. The Morgan fingerprint density at radius 1 is 0.756 bits per heavy atom. The molecule has 1 aromatic rings. The third-order valence-corrected chi connectivity index (χ3v) is 7.58. The lowest BCUT2D eigenvalue weighted by atomic mass is 10.0. The minimum absolute atomic E-state index is 0.00121. The van der Waals surface area contributed by atoms with Crippen molar-refractivity contribution in [2.24, 2.45) is 0 Å². The van der Waals surface area contributed by atoms with Crippen LogP contribution in [0.25, 0.3) is 0 Å². The summed E-state index contributed by atoms with van der Waals surface area (Å²) in [6.07, 6.45) is 24.1. The zero-order valence-electron chi connectivity index (χ0n) is 26.7. The standard InChI is InChI=1S/C33H59N3O5/c1-5-6-7-8-9-10-11-12-13-14-15-16-17-18-19-21-25-35(3)32(38)41-30-33(2,39-4)29-40-31(37)34-24-28-36-26-22-20-23-27-36/h20,22-23,26-27H,5-19,21,24-25,28-30H2,1-4H3/p+1. The van der Waals surface area contributed by atoms with Crippen LogP contribution < -0.4 is 9.88 Å². The van der Waals surface area contributed by atoms with E-state index in [1.807, 2.05) is 35.2 Å². The van der Waals surface area contributed by atoms with Crippen LogP contribution >= 0.6 is 0 Å². The number of carbonyl (C=O) groups excluding carboxylic acids is 2. The number of carbonyl (C=O) groups is 2. The van der Waals surface area contributed by atoms with Crippen molar-refractivity contribution >= 4 is 12.2 Å². The summed E-state index contributed by atoms with van der Waals surface area (Å²) in [5.41, 5.74) is -0.920. The van der Waals surface area contributed by atoms with Crippen LogP contribution in [0.5, 0.6) is 0 Å². The number of aromatic nitrogens is 1. The van der Waals surface area contributed by atoms with Crippen LogP contribution in [0.15, 0.2) is 30.6 Å². The van der Waals surface area contributed by atoms with Gasteiger partial charge in [0.1, 0.15) is 18.8 Å². The molecule has 0 saturated carbocycles. The zero-order chi connectivity index (χ0) is 30.0. The number of ether oxygens (including phenoxy) is 3. The summed E-state index contributed by atoms with van der Waals surface area (Å²) in [5, 5.41) is 2.72. The van der Waals surface area contributed by atoms with Crippen molar-refractivity contribution in [1.29, 1.82) is 0 Å². The summed E-state index contributed by atoms with van der Waals surface area (Å²) in [7, 11) is 3.27. The average Bonchev–Trinajstić information content (AvgIpc) is 2.99. The van der Waals surface area contributed by atoms with E-state index in [0.29, 0.717) is 19.6 Å². The Hall–Kier alpha value is -2.35. The quantitative estimate of drug-likeness (QED) is 0.0964. The Morgan fingerprint density at radius 3 is 1.76 bits per heavy atom. The monoisotopic (exact) mass is 578 g/mol. The molecule has 0 spiro atoms. The summed E-state index contributed by atoms with van der Waals surface area (Å²) in [4.78, 5) is 26.1. The predicted molar refractivity (Wildman–Crippen MR) is 165 cm³/mol. The van der Waals surface area contributed by atoms with Crippen LogP contribution in [0.4, 0.5) is 9.59 Å². The van der Waals surface area contributed by atoms with Crippen LogP contribution in [0, 0.1) is 0 Å². The fraction of sp³-hybridized carbons (Fsp3) is 0.788. The first kappa shape index (κ1) is 36.7. The van der Waals surface area contributed by atoms with Crippen molar-refractivity contribution in [3.05, 3.63) is 30.6 Å². The van der Waals surface area contributed by atoms with Crippen molar-refractivity contribution < 1.29 is 28.4 Å². The van der Waals surface area contributed by atoms with Gasteiger partial charge in [-0.15, -0.1) is 0 Å². The first-order chi connectivity index (χ1) is 19.9. The molecule has 1 rings (SSSR count). The van der Waals surface area contributed by atoms with E-state index in [9.17, 15) is 9.59 Å². The van der Waals surface area contributed by atoms with Gasteiger partial charge in [0, 0.05) is 32.8 Å². The van der Waals surface area contributed by atoms with Crippen molar-refractivity contribution in [1.82, 2.24) is 10.2 Å². The number of hydrogen-bond acceptors (Lipinski definition) is 5. The normalized spacial score (nSPS) is 12.5. The number of rotatable bonds is 25. The highest BCUT2D eigenvalue weighted by molar-refractivity contribution is 5.67. The van der Waals surface area contributed by atoms with Gasteiger partial charge in [0.05, 0.1) is 6.54 Å². The molecule has 1 atom stereocenters. The first-order valence-corrected chi connectivity index (χ1v) is 16.2. The maximum absolute atomic E-state index is 12.4. The molecule has 1 N–H and O–H groups in total. The number of hydrogen-bond donors (Lipinski definition) is 1. The van der Waals surface area contributed by atoms with Gasteiger partial charge >= 0.3 is 12.2 Å². The predicted octanol–water partition coefficient (Wildman–Crippen LogP) is 7.44. The van der Waals surface area contributed by atoms with Crippen molar-refractivity contribution in [2.45, 2.75) is 129 Å². The van der Waals surface area contributed by atoms with E-state index in [1.165, 1.54) is 97.0 Å². The maximum Gasteiger partial charge on any atom is 0.409 e. The molecule has 0 saturated heterocycles. The zero-order valence-corrected chi connectivity index (χ0v) is 26.7. The van der Waals surface area contributed by atoms with Crippen molar-refractivity contribution in [3.63, 3.8) is 0 Å². The Balaban J connectivity index is 2.02. The van der Waals surface area contributed by atoms with E-state index in [2.05, 4.69) is 12.2 Å². The summed E-state index contributed by atoms with van der Waals surface area (Å²) < 4.78 is 18.2. The molecule has 41 heavy (non-hydrogen) atoms. The van der Waals surface area contributed by atoms with Crippen LogP contribution in [0.2, 0.25) is 0 Å². The van der Waals surface area contributed by atoms with Gasteiger partial charge in [-0.25, -0.2) is 14.2 Å². The lowest BCUT2D eigenvalue weighted by Crippen LogP contribution is -2.44. The van der Waals surface area contributed by atoms with Gasteiger partial charge in [-0.2, -0.15) is 0 Å². The molecule has 2 amide bonds. The van der Waals surface area contributed by atoms with Crippen LogP contribution in [0.3, 0.4) is 0 Å². The number of nitrogens with zero attached hydrogens (tertiary/aromatic N) is 2. The maximum atomic E-state index is 12.4. The fourth-order valence-electron chi connectivity index (χ4n) is 4.61. The lowest BCUT2D eigenvalue weighted by molar-refractivity contribution is -0.694. The Kier molecular flexibility index (Phi) is 21.7. The Morgan fingerprint density at radius 2 is 1.24 bits per heavy atom. The molecule has 1 heterocycles. The smallest absolute Gasteiger partial charge is 0.409 e. The number of methoxy groups -OCH3 is 1. The van der Waals surface area contributed by atoms with Crippen LogP contribution in [-0.4, -0.2) is 63.1 Å². The highest BCUT2D eigenvalue weighted by Crippen LogP contribution is 2.14. The summed E-state index contributed by atoms with van der Waals surface area (Å²) in [5.74, 6) is 0. The van der Waals surface area contributed by atoms with E-state index >= 15 is 0 Å². The molecule has 0 aromatic carbocycles. The van der Waals surface area contributed by atoms with Gasteiger partial charge in [-0.05, 0) is 13.3 Å². The minimum atomic E-state index is -0.920. The topological polar surface area (TPSA) is 81.0 Å². The number of nitrogens with one attached hydrogen (secondary N) is 1. The van der Waals surface area contributed by atoms with Gasteiger partial charge in [0.25, 0.3) is 0 Å². The number of alkyl carbamates (subject to hydrolysis) is 1. The molecule has 0 aliphatic rings. The highest BCUT2D eigenvalue weighted by Gasteiger charge is 2.29. The molecule has 0 fully saturated rings.